The zero-order chi connectivity index (χ0) is 12.7. The molecule has 96 valence electrons. The summed E-state index contributed by atoms with van der Waals surface area (Å²) in [6, 6.07) is 0. The van der Waals surface area contributed by atoms with Gasteiger partial charge in [0.2, 0.25) is 0 Å². The summed E-state index contributed by atoms with van der Waals surface area (Å²) < 4.78 is 22.8. The van der Waals surface area contributed by atoms with E-state index in [0.29, 0.717) is 6.42 Å². The third-order valence-electron chi connectivity index (χ3n) is 2.39. The summed E-state index contributed by atoms with van der Waals surface area (Å²) in [5, 5.41) is 3.21. The first kappa shape index (κ1) is 15.7. The fourth-order valence-electron chi connectivity index (χ4n) is 1.13. The molecule has 0 aromatic heterocycles. The van der Waals surface area contributed by atoms with Crippen molar-refractivity contribution in [3.63, 3.8) is 0 Å². The SMILES string of the molecule is CCNCC/C=C/CCS(=O)(=O)C(C)(C)C. The summed E-state index contributed by atoms with van der Waals surface area (Å²) in [4.78, 5) is 0. The number of rotatable bonds is 7. The summed E-state index contributed by atoms with van der Waals surface area (Å²) in [5.41, 5.74) is 0. The van der Waals surface area contributed by atoms with Gasteiger partial charge in [-0.3, -0.25) is 0 Å². The maximum absolute atomic E-state index is 11.7. The van der Waals surface area contributed by atoms with E-state index in [1.165, 1.54) is 0 Å². The van der Waals surface area contributed by atoms with E-state index < -0.39 is 14.6 Å². The van der Waals surface area contributed by atoms with Crippen LogP contribution in [0.2, 0.25) is 0 Å². The highest BCUT2D eigenvalue weighted by atomic mass is 32.2. The van der Waals surface area contributed by atoms with Crippen LogP contribution in [-0.4, -0.2) is 32.0 Å². The Balaban J connectivity index is 3.83. The van der Waals surface area contributed by atoms with Crippen molar-refractivity contribution in [1.29, 1.82) is 0 Å². The Kier molecular flexibility index (Phi) is 6.91. The molecule has 0 spiro atoms. The highest BCUT2D eigenvalue weighted by Gasteiger charge is 2.27. The lowest BCUT2D eigenvalue weighted by Crippen LogP contribution is -2.30. The summed E-state index contributed by atoms with van der Waals surface area (Å²) in [6.07, 6.45) is 5.58. The number of sulfone groups is 1. The van der Waals surface area contributed by atoms with Crippen LogP contribution in [0.5, 0.6) is 0 Å². The molecule has 0 aliphatic carbocycles. The van der Waals surface area contributed by atoms with E-state index in [9.17, 15) is 8.42 Å². The van der Waals surface area contributed by atoms with Crippen molar-refractivity contribution in [2.24, 2.45) is 0 Å². The Morgan fingerprint density at radius 3 is 2.19 bits per heavy atom. The molecule has 0 rings (SSSR count). The number of hydrogen-bond donors (Lipinski definition) is 1. The maximum Gasteiger partial charge on any atom is 0.155 e. The summed E-state index contributed by atoms with van der Waals surface area (Å²) in [7, 11) is -2.96. The van der Waals surface area contributed by atoms with Gasteiger partial charge in [-0.05, 0) is 46.7 Å². The summed E-state index contributed by atoms with van der Waals surface area (Å²) in [5.74, 6) is 0.244. The highest BCUT2D eigenvalue weighted by molar-refractivity contribution is 7.92. The molecule has 0 aliphatic rings. The van der Waals surface area contributed by atoms with Crippen LogP contribution < -0.4 is 5.32 Å². The van der Waals surface area contributed by atoms with Gasteiger partial charge >= 0.3 is 0 Å². The Morgan fingerprint density at radius 1 is 1.12 bits per heavy atom. The van der Waals surface area contributed by atoms with Gasteiger partial charge < -0.3 is 5.32 Å². The first-order valence-corrected chi connectivity index (χ1v) is 7.54. The minimum Gasteiger partial charge on any atom is -0.317 e. The molecule has 0 fully saturated rings. The molecule has 16 heavy (non-hydrogen) atoms. The molecule has 0 radical (unpaired) electrons. The fraction of sp³-hybridized carbons (Fsp3) is 0.833. The zero-order valence-corrected chi connectivity index (χ0v) is 11.7. The van der Waals surface area contributed by atoms with Crippen LogP contribution in [-0.2, 0) is 9.84 Å². The van der Waals surface area contributed by atoms with Gasteiger partial charge in [-0.25, -0.2) is 8.42 Å². The molecule has 0 aromatic rings. The predicted molar refractivity (Wildman–Crippen MR) is 70.5 cm³/mol. The molecule has 0 bridgehead atoms. The van der Waals surface area contributed by atoms with Crippen LogP contribution in [0.25, 0.3) is 0 Å². The molecule has 0 saturated carbocycles. The number of nitrogens with one attached hydrogen (secondary N) is 1. The maximum atomic E-state index is 11.7. The van der Waals surface area contributed by atoms with E-state index in [2.05, 4.69) is 12.2 Å². The van der Waals surface area contributed by atoms with E-state index in [1.54, 1.807) is 20.8 Å². The van der Waals surface area contributed by atoms with Gasteiger partial charge in [0.05, 0.1) is 10.5 Å². The molecular weight excluding hydrogens is 222 g/mol. The Hall–Kier alpha value is -0.350. The van der Waals surface area contributed by atoms with Crippen LogP contribution in [0.1, 0.15) is 40.5 Å². The van der Waals surface area contributed by atoms with Crippen molar-refractivity contribution in [2.75, 3.05) is 18.8 Å². The Labute approximate surface area is 100 Å². The number of allylic oxidation sites excluding steroid dienone is 1. The molecule has 0 amide bonds. The van der Waals surface area contributed by atoms with Gasteiger partial charge in [-0.15, -0.1) is 0 Å². The van der Waals surface area contributed by atoms with Crippen molar-refractivity contribution < 1.29 is 8.42 Å². The van der Waals surface area contributed by atoms with Crippen molar-refractivity contribution in [2.45, 2.75) is 45.3 Å². The van der Waals surface area contributed by atoms with Crippen LogP contribution >= 0.6 is 0 Å². The Morgan fingerprint density at radius 2 is 1.69 bits per heavy atom. The zero-order valence-electron chi connectivity index (χ0n) is 10.9. The third-order valence-corrected chi connectivity index (χ3v) is 5.03. The quantitative estimate of drug-likeness (QED) is 0.554. The van der Waals surface area contributed by atoms with Crippen molar-refractivity contribution >= 4 is 9.84 Å². The van der Waals surface area contributed by atoms with E-state index in [1.807, 2.05) is 12.2 Å². The highest BCUT2D eigenvalue weighted by Crippen LogP contribution is 2.16. The van der Waals surface area contributed by atoms with Gasteiger partial charge in [0, 0.05) is 0 Å². The molecular formula is C12H25NO2S. The second-order valence-corrected chi connectivity index (χ2v) is 7.70. The third kappa shape index (κ3) is 6.28. The lowest BCUT2D eigenvalue weighted by molar-refractivity contribution is 0.560. The predicted octanol–water partition coefficient (Wildman–Crippen LogP) is 2.15. The minimum absolute atomic E-state index is 0.244. The molecule has 0 heterocycles. The average molecular weight is 247 g/mol. The van der Waals surface area contributed by atoms with Crippen molar-refractivity contribution in [3.05, 3.63) is 12.2 Å². The molecule has 4 heteroatoms. The van der Waals surface area contributed by atoms with Crippen LogP contribution in [0.3, 0.4) is 0 Å². The lowest BCUT2D eigenvalue weighted by atomic mass is 10.3. The van der Waals surface area contributed by atoms with E-state index >= 15 is 0 Å². The van der Waals surface area contributed by atoms with Gasteiger partial charge in [-0.2, -0.15) is 0 Å². The molecule has 0 atom stereocenters. The van der Waals surface area contributed by atoms with Gasteiger partial charge in [-0.1, -0.05) is 19.1 Å². The fourth-order valence-corrected chi connectivity index (χ4v) is 2.19. The average Bonchev–Trinajstić information content (AvgIpc) is 2.14. The minimum atomic E-state index is -2.96. The summed E-state index contributed by atoms with van der Waals surface area (Å²) in [6.45, 7) is 9.25. The van der Waals surface area contributed by atoms with Crippen LogP contribution in [0.4, 0.5) is 0 Å². The lowest BCUT2D eigenvalue weighted by Gasteiger charge is -2.18. The van der Waals surface area contributed by atoms with E-state index in [-0.39, 0.29) is 5.75 Å². The van der Waals surface area contributed by atoms with Crippen LogP contribution in [0, 0.1) is 0 Å². The van der Waals surface area contributed by atoms with E-state index in [0.717, 1.165) is 19.5 Å². The number of hydrogen-bond acceptors (Lipinski definition) is 3. The van der Waals surface area contributed by atoms with Gasteiger partial charge in [0.1, 0.15) is 0 Å². The first-order chi connectivity index (χ1) is 7.31. The second kappa shape index (κ2) is 7.07. The standard InChI is InChI=1S/C12H25NO2S/c1-5-13-10-8-6-7-9-11-16(14,15)12(2,3)4/h6-7,13H,5,8-11H2,1-4H3/b7-6+. The van der Waals surface area contributed by atoms with Gasteiger partial charge in [0.15, 0.2) is 9.84 Å². The molecule has 3 nitrogen and oxygen atoms in total. The topological polar surface area (TPSA) is 46.2 Å². The van der Waals surface area contributed by atoms with Gasteiger partial charge in [0.25, 0.3) is 0 Å². The van der Waals surface area contributed by atoms with Crippen molar-refractivity contribution in [1.82, 2.24) is 5.32 Å². The van der Waals surface area contributed by atoms with E-state index in [4.69, 9.17) is 0 Å². The molecule has 1 N–H and O–H groups in total. The van der Waals surface area contributed by atoms with Crippen LogP contribution in [0.15, 0.2) is 12.2 Å². The second-order valence-electron chi connectivity index (χ2n) is 4.83. The smallest absolute Gasteiger partial charge is 0.155 e. The molecule has 0 saturated heterocycles. The summed E-state index contributed by atoms with van der Waals surface area (Å²) >= 11 is 0. The Bertz CT molecular complexity index is 299. The first-order valence-electron chi connectivity index (χ1n) is 5.89. The molecule has 0 aliphatic heterocycles. The monoisotopic (exact) mass is 247 g/mol. The molecule has 0 aromatic carbocycles. The largest absolute Gasteiger partial charge is 0.317 e. The normalized spacial score (nSPS) is 13.5. The van der Waals surface area contributed by atoms with Crippen molar-refractivity contribution in [3.8, 4) is 0 Å². The molecule has 0 unspecified atom stereocenters.